The van der Waals surface area contributed by atoms with Gasteiger partial charge >= 0.3 is 12.2 Å². The molecule has 0 atom stereocenters. The Bertz CT molecular complexity index is 1720. The molecular weight excluding hydrogens is 493 g/mol. The maximum Gasteiger partial charge on any atom is 0.416 e. The number of halogens is 3. The van der Waals surface area contributed by atoms with Crippen molar-refractivity contribution in [3.63, 3.8) is 0 Å². The molecule has 192 valence electrons. The fraction of sp³-hybridized carbons (Fsp3) is 0.179. The van der Waals surface area contributed by atoms with Gasteiger partial charge in [-0.2, -0.15) is 13.2 Å². The highest BCUT2D eigenvalue weighted by Gasteiger charge is 2.43. The maximum atomic E-state index is 13.1. The zero-order valence-corrected chi connectivity index (χ0v) is 20.3. The summed E-state index contributed by atoms with van der Waals surface area (Å²) in [5, 5.41) is 6.82. The predicted molar refractivity (Wildman–Crippen MR) is 141 cm³/mol. The molecule has 0 aliphatic heterocycles. The minimum atomic E-state index is -4.51. The second-order valence-corrected chi connectivity index (χ2v) is 9.74. The van der Waals surface area contributed by atoms with Crippen molar-refractivity contribution in [3.05, 3.63) is 84.4 Å². The topological polar surface area (TPSA) is 97.3 Å². The number of imidazole rings is 1. The highest BCUT2D eigenvalue weighted by Crippen LogP contribution is 2.49. The maximum absolute atomic E-state index is 13.1. The quantitative estimate of drug-likeness (QED) is 0.243. The number of nitrogens with zero attached hydrogens (tertiary/aromatic N) is 3. The van der Waals surface area contributed by atoms with Crippen LogP contribution in [0, 0.1) is 0 Å². The third-order valence-electron chi connectivity index (χ3n) is 7.00. The van der Waals surface area contributed by atoms with Crippen LogP contribution in [-0.4, -0.2) is 20.4 Å². The molecule has 0 unspecified atom stereocenters. The Morgan fingerprint density at radius 1 is 1.03 bits per heavy atom. The minimum Gasteiger partial charge on any atom is -0.382 e. The van der Waals surface area contributed by atoms with Crippen molar-refractivity contribution >= 4 is 39.5 Å². The number of nitrogen functional groups attached to an aromatic ring is 1. The van der Waals surface area contributed by atoms with Crippen molar-refractivity contribution < 1.29 is 18.0 Å². The summed E-state index contributed by atoms with van der Waals surface area (Å²) in [6.07, 6.45) is 1.11. The number of carbonyl (C=O) groups excluding carboxylic acids is 1. The van der Waals surface area contributed by atoms with Crippen LogP contribution in [0.2, 0.25) is 0 Å². The van der Waals surface area contributed by atoms with Crippen LogP contribution < -0.4 is 16.4 Å². The number of hydrogen-bond donors (Lipinski definition) is 3. The van der Waals surface area contributed by atoms with E-state index in [4.69, 9.17) is 10.7 Å². The van der Waals surface area contributed by atoms with E-state index in [2.05, 4.69) is 22.5 Å². The first-order valence-corrected chi connectivity index (χ1v) is 12.0. The van der Waals surface area contributed by atoms with Crippen LogP contribution in [-0.2, 0) is 11.6 Å². The van der Waals surface area contributed by atoms with Crippen LogP contribution in [0.4, 0.5) is 35.2 Å². The normalized spacial score (nSPS) is 14.5. The average molecular weight is 517 g/mol. The molecule has 2 heterocycles. The van der Waals surface area contributed by atoms with Crippen molar-refractivity contribution in [1.82, 2.24) is 14.4 Å². The van der Waals surface area contributed by atoms with Gasteiger partial charge in [-0.25, -0.2) is 14.8 Å². The van der Waals surface area contributed by atoms with E-state index in [0.717, 1.165) is 52.7 Å². The molecule has 0 spiro atoms. The lowest BCUT2D eigenvalue weighted by Gasteiger charge is -2.14. The van der Waals surface area contributed by atoms with Gasteiger partial charge in [-0.05, 0) is 42.5 Å². The van der Waals surface area contributed by atoms with Gasteiger partial charge in [0.2, 0.25) is 0 Å². The smallest absolute Gasteiger partial charge is 0.382 e. The van der Waals surface area contributed by atoms with Gasteiger partial charge in [0.15, 0.2) is 0 Å². The summed E-state index contributed by atoms with van der Waals surface area (Å²) in [4.78, 5) is 22.1. The molecule has 7 nitrogen and oxygen atoms in total. The van der Waals surface area contributed by atoms with Gasteiger partial charge < -0.3 is 16.4 Å². The van der Waals surface area contributed by atoms with E-state index in [9.17, 15) is 18.0 Å². The first-order valence-electron chi connectivity index (χ1n) is 12.0. The largest absolute Gasteiger partial charge is 0.416 e. The molecule has 1 saturated carbocycles. The average Bonchev–Trinajstić information content (AvgIpc) is 3.50. The number of benzene rings is 3. The van der Waals surface area contributed by atoms with Crippen LogP contribution in [0.3, 0.4) is 0 Å². The SMILES string of the molecule is CC1(c2nc(-c3ccc(NC(=O)Nc4cccc(C(F)(F)F)c4)c4ccccc34)c3c(N)nccn23)CC1. The second kappa shape index (κ2) is 8.47. The predicted octanol–water partition coefficient (Wildman–Crippen LogP) is 6.85. The number of carbonyl (C=O) groups is 1. The zero-order valence-electron chi connectivity index (χ0n) is 20.3. The molecule has 6 rings (SSSR count). The van der Waals surface area contributed by atoms with E-state index >= 15 is 0 Å². The summed E-state index contributed by atoms with van der Waals surface area (Å²) in [7, 11) is 0. The van der Waals surface area contributed by atoms with Crippen LogP contribution in [0.15, 0.2) is 73.1 Å². The number of anilines is 3. The molecule has 2 amide bonds. The summed E-state index contributed by atoms with van der Waals surface area (Å²) >= 11 is 0. The molecule has 0 radical (unpaired) electrons. The van der Waals surface area contributed by atoms with E-state index in [-0.39, 0.29) is 11.1 Å². The Labute approximate surface area is 215 Å². The van der Waals surface area contributed by atoms with Crippen LogP contribution in [0.1, 0.15) is 31.2 Å². The van der Waals surface area contributed by atoms with Gasteiger partial charge in [-0.15, -0.1) is 0 Å². The molecule has 4 N–H and O–H groups in total. The molecule has 1 aliphatic rings. The molecule has 2 aromatic heterocycles. The number of hydrogen-bond acceptors (Lipinski definition) is 4. The third-order valence-corrected chi connectivity index (χ3v) is 7.00. The van der Waals surface area contributed by atoms with Gasteiger partial charge in [-0.3, -0.25) is 4.40 Å². The van der Waals surface area contributed by atoms with E-state index < -0.39 is 17.8 Å². The van der Waals surface area contributed by atoms with Gasteiger partial charge in [-0.1, -0.05) is 43.3 Å². The van der Waals surface area contributed by atoms with Gasteiger partial charge in [0.25, 0.3) is 0 Å². The highest BCUT2D eigenvalue weighted by molar-refractivity contribution is 6.10. The van der Waals surface area contributed by atoms with E-state index in [1.807, 2.05) is 40.9 Å². The lowest BCUT2D eigenvalue weighted by Crippen LogP contribution is -2.20. The number of fused-ring (bicyclic) bond motifs is 2. The van der Waals surface area contributed by atoms with Gasteiger partial charge in [0.1, 0.15) is 22.9 Å². The van der Waals surface area contributed by atoms with Crippen molar-refractivity contribution in [2.24, 2.45) is 0 Å². The number of alkyl halides is 3. The monoisotopic (exact) mass is 516 g/mol. The summed E-state index contributed by atoms with van der Waals surface area (Å²) < 4.78 is 41.2. The van der Waals surface area contributed by atoms with Crippen LogP contribution in [0.5, 0.6) is 0 Å². The Hall–Kier alpha value is -4.60. The summed E-state index contributed by atoms with van der Waals surface area (Å²) in [5.41, 5.74) is 8.24. The van der Waals surface area contributed by atoms with Crippen LogP contribution in [0.25, 0.3) is 27.5 Å². The molecule has 5 aromatic rings. The van der Waals surface area contributed by atoms with Gasteiger partial charge in [0.05, 0.1) is 11.3 Å². The standard InChI is InChI=1S/C28H23F3N6O/c1-27(11-12-27)25-36-22(23-24(32)33-13-14-37(23)25)20-9-10-21(19-8-3-2-7-18(19)20)35-26(38)34-17-6-4-5-16(15-17)28(29,30)31/h2-10,13-15H,11-12H2,1H3,(H2,32,33)(H2,34,35,38). The van der Waals surface area contributed by atoms with E-state index in [0.29, 0.717) is 17.2 Å². The minimum absolute atomic E-state index is 0.0201. The Kier molecular flexibility index (Phi) is 5.30. The summed E-state index contributed by atoms with van der Waals surface area (Å²) in [6, 6.07) is 15.0. The van der Waals surface area contributed by atoms with E-state index in [1.165, 1.54) is 12.1 Å². The van der Waals surface area contributed by atoms with Crippen molar-refractivity contribution in [2.45, 2.75) is 31.4 Å². The van der Waals surface area contributed by atoms with Gasteiger partial charge in [0, 0.05) is 34.4 Å². The first kappa shape index (κ1) is 23.8. The first-order chi connectivity index (χ1) is 18.1. The molecule has 3 aromatic carbocycles. The molecule has 38 heavy (non-hydrogen) atoms. The number of nitrogens with two attached hydrogens (primary N) is 1. The molecule has 1 aliphatic carbocycles. The fourth-order valence-corrected chi connectivity index (χ4v) is 4.76. The Balaban J connectivity index is 1.38. The molecule has 0 bridgehead atoms. The number of rotatable bonds is 4. The number of aromatic nitrogens is 3. The second-order valence-electron chi connectivity index (χ2n) is 9.74. The number of urea groups is 1. The Morgan fingerprint density at radius 3 is 2.53 bits per heavy atom. The highest BCUT2D eigenvalue weighted by atomic mass is 19.4. The zero-order chi connectivity index (χ0) is 26.7. The van der Waals surface area contributed by atoms with Crippen molar-refractivity contribution in [1.29, 1.82) is 0 Å². The summed E-state index contributed by atoms with van der Waals surface area (Å²) in [6.45, 7) is 2.18. The third kappa shape index (κ3) is 4.07. The molecule has 10 heteroatoms. The number of amides is 2. The van der Waals surface area contributed by atoms with Crippen molar-refractivity contribution in [3.8, 4) is 11.3 Å². The molecule has 0 saturated heterocycles. The van der Waals surface area contributed by atoms with E-state index in [1.54, 1.807) is 12.3 Å². The lowest BCUT2D eigenvalue weighted by molar-refractivity contribution is -0.137. The molecule has 1 fully saturated rings. The van der Waals surface area contributed by atoms with Crippen LogP contribution >= 0.6 is 0 Å². The van der Waals surface area contributed by atoms with Crippen molar-refractivity contribution in [2.75, 3.05) is 16.4 Å². The number of nitrogens with one attached hydrogen (secondary N) is 2. The molecular formula is C28H23F3N6O. The Morgan fingerprint density at radius 2 is 1.79 bits per heavy atom. The lowest BCUT2D eigenvalue weighted by atomic mass is 10.00. The fourth-order valence-electron chi connectivity index (χ4n) is 4.76. The summed E-state index contributed by atoms with van der Waals surface area (Å²) in [5.74, 6) is 1.31.